The Balaban J connectivity index is 2.03. The molecule has 0 heterocycles. The zero-order valence-electron chi connectivity index (χ0n) is 10.3. The fourth-order valence-corrected chi connectivity index (χ4v) is 1.86. The highest BCUT2D eigenvalue weighted by molar-refractivity contribution is 5.85. The highest BCUT2D eigenvalue weighted by atomic mass is 16.7. The molecule has 3 heteroatoms. The van der Waals surface area contributed by atoms with E-state index in [1.807, 2.05) is 31.2 Å². The summed E-state index contributed by atoms with van der Waals surface area (Å²) in [6.07, 6.45) is 2.39. The molecule has 0 aliphatic heterocycles. The molecular formula is C15H17NO2. The predicted octanol–water partition coefficient (Wildman–Crippen LogP) is 2.76. The van der Waals surface area contributed by atoms with Crippen LogP contribution >= 0.6 is 0 Å². The molecule has 0 radical (unpaired) electrons. The maximum absolute atomic E-state index is 9.37. The monoisotopic (exact) mass is 243 g/mol. The molecule has 1 atom stereocenters. The average molecular weight is 243 g/mol. The van der Waals surface area contributed by atoms with E-state index in [4.69, 9.17) is 4.84 Å². The summed E-state index contributed by atoms with van der Waals surface area (Å²) in [6.45, 7) is 2.38. The molecule has 94 valence electrons. The maximum atomic E-state index is 9.37. The molecule has 2 N–H and O–H groups in total. The van der Waals surface area contributed by atoms with Gasteiger partial charge in [0, 0.05) is 6.54 Å². The summed E-state index contributed by atoms with van der Waals surface area (Å²) in [5.74, 6) is 0. The van der Waals surface area contributed by atoms with Gasteiger partial charge in [-0.1, -0.05) is 48.5 Å². The van der Waals surface area contributed by atoms with E-state index in [1.54, 1.807) is 12.2 Å². The van der Waals surface area contributed by atoms with Crippen molar-refractivity contribution in [1.82, 2.24) is 5.48 Å². The van der Waals surface area contributed by atoms with Crippen molar-refractivity contribution in [2.24, 2.45) is 0 Å². The first-order valence-corrected chi connectivity index (χ1v) is 5.97. The second-order valence-electron chi connectivity index (χ2n) is 3.99. The third kappa shape index (κ3) is 3.17. The Kier molecular flexibility index (Phi) is 4.47. The maximum Gasteiger partial charge on any atom is 0.193 e. The van der Waals surface area contributed by atoms with E-state index < -0.39 is 6.29 Å². The predicted molar refractivity (Wildman–Crippen MR) is 72.7 cm³/mol. The topological polar surface area (TPSA) is 41.5 Å². The Morgan fingerprint density at radius 3 is 2.83 bits per heavy atom. The first-order valence-electron chi connectivity index (χ1n) is 5.97. The molecule has 0 saturated carbocycles. The van der Waals surface area contributed by atoms with Gasteiger partial charge in [0.05, 0.1) is 0 Å². The highest BCUT2D eigenvalue weighted by Gasteiger charge is 2.01. The van der Waals surface area contributed by atoms with Crippen LogP contribution in [-0.4, -0.2) is 11.4 Å². The summed E-state index contributed by atoms with van der Waals surface area (Å²) in [7, 11) is 0. The summed E-state index contributed by atoms with van der Waals surface area (Å²) in [6, 6.07) is 14.3. The number of benzene rings is 2. The van der Waals surface area contributed by atoms with Crippen molar-refractivity contribution in [3.63, 3.8) is 0 Å². The number of allylic oxidation sites excluding steroid dienone is 1. The van der Waals surface area contributed by atoms with Crippen LogP contribution in [0, 0.1) is 0 Å². The third-order valence-electron chi connectivity index (χ3n) is 2.70. The molecule has 2 aromatic carbocycles. The van der Waals surface area contributed by atoms with Crippen molar-refractivity contribution in [2.45, 2.75) is 19.8 Å². The zero-order chi connectivity index (χ0) is 12.8. The van der Waals surface area contributed by atoms with Crippen LogP contribution in [0.1, 0.15) is 12.5 Å². The minimum atomic E-state index is -0.912. The minimum Gasteiger partial charge on any atom is -0.363 e. The van der Waals surface area contributed by atoms with Crippen molar-refractivity contribution < 1.29 is 9.94 Å². The number of aliphatic hydroxyl groups excluding tert-OH is 1. The lowest BCUT2D eigenvalue weighted by Crippen LogP contribution is -2.21. The van der Waals surface area contributed by atoms with Crippen LogP contribution in [0.2, 0.25) is 0 Å². The van der Waals surface area contributed by atoms with E-state index in [-0.39, 0.29) is 0 Å². The number of rotatable bonds is 5. The van der Waals surface area contributed by atoms with Gasteiger partial charge in [0.2, 0.25) is 0 Å². The first-order chi connectivity index (χ1) is 8.81. The molecule has 18 heavy (non-hydrogen) atoms. The first kappa shape index (κ1) is 12.8. The molecule has 0 fully saturated rings. The van der Waals surface area contributed by atoms with E-state index >= 15 is 0 Å². The van der Waals surface area contributed by atoms with E-state index in [2.05, 4.69) is 23.7 Å². The van der Waals surface area contributed by atoms with Gasteiger partial charge < -0.3 is 5.11 Å². The van der Waals surface area contributed by atoms with Gasteiger partial charge in [-0.25, -0.2) is 0 Å². The van der Waals surface area contributed by atoms with Crippen LogP contribution in [-0.2, 0) is 11.4 Å². The average Bonchev–Trinajstić information content (AvgIpc) is 2.39. The Morgan fingerprint density at radius 1 is 1.22 bits per heavy atom. The van der Waals surface area contributed by atoms with Crippen molar-refractivity contribution in [3.8, 4) is 0 Å². The summed E-state index contributed by atoms with van der Waals surface area (Å²) in [5.41, 5.74) is 3.92. The standard InChI is InChI=1S/C15H17NO2/c1-2-6-15(17)18-16-11-13-9-5-8-12-7-3-4-10-14(12)13/h2-10,15-17H,11H2,1H3/b6-2+. The van der Waals surface area contributed by atoms with Crippen LogP contribution < -0.4 is 5.48 Å². The second-order valence-corrected chi connectivity index (χ2v) is 3.99. The van der Waals surface area contributed by atoms with Crippen LogP contribution in [0.3, 0.4) is 0 Å². The largest absolute Gasteiger partial charge is 0.363 e. The fourth-order valence-electron chi connectivity index (χ4n) is 1.86. The number of hydroxylamine groups is 1. The summed E-state index contributed by atoms with van der Waals surface area (Å²) >= 11 is 0. The molecule has 0 aliphatic carbocycles. The van der Waals surface area contributed by atoms with Gasteiger partial charge >= 0.3 is 0 Å². The summed E-state index contributed by atoms with van der Waals surface area (Å²) in [4.78, 5) is 5.05. The molecule has 0 aliphatic rings. The number of nitrogens with one attached hydrogen (secondary N) is 1. The summed E-state index contributed by atoms with van der Waals surface area (Å²) in [5, 5.41) is 11.8. The second kappa shape index (κ2) is 6.31. The van der Waals surface area contributed by atoms with Crippen LogP contribution in [0.4, 0.5) is 0 Å². The molecule has 0 bridgehead atoms. The van der Waals surface area contributed by atoms with Gasteiger partial charge in [-0.2, -0.15) is 5.48 Å². The zero-order valence-corrected chi connectivity index (χ0v) is 10.3. The smallest absolute Gasteiger partial charge is 0.193 e. The third-order valence-corrected chi connectivity index (χ3v) is 2.70. The number of aliphatic hydroxyl groups is 1. The van der Waals surface area contributed by atoms with Crippen molar-refractivity contribution in [3.05, 3.63) is 60.2 Å². The van der Waals surface area contributed by atoms with Crippen LogP contribution in [0.5, 0.6) is 0 Å². The lowest BCUT2D eigenvalue weighted by atomic mass is 10.1. The molecule has 0 aromatic heterocycles. The Morgan fingerprint density at radius 2 is 2.00 bits per heavy atom. The fraction of sp³-hybridized carbons (Fsp3) is 0.200. The lowest BCUT2D eigenvalue weighted by molar-refractivity contribution is -0.118. The number of hydrogen-bond donors (Lipinski definition) is 2. The molecule has 2 aromatic rings. The Labute approximate surface area is 107 Å². The van der Waals surface area contributed by atoms with Crippen molar-refractivity contribution >= 4 is 10.8 Å². The number of hydrogen-bond acceptors (Lipinski definition) is 3. The normalized spacial score (nSPS) is 13.2. The van der Waals surface area contributed by atoms with E-state index in [9.17, 15) is 5.11 Å². The SMILES string of the molecule is C/C=C/C(O)ONCc1cccc2ccccc12. The lowest BCUT2D eigenvalue weighted by Gasteiger charge is -2.10. The van der Waals surface area contributed by atoms with Gasteiger partial charge in [-0.05, 0) is 29.3 Å². The van der Waals surface area contributed by atoms with E-state index in [1.165, 1.54) is 10.8 Å². The van der Waals surface area contributed by atoms with E-state index in [0.717, 1.165) is 5.56 Å². The molecule has 0 saturated heterocycles. The summed E-state index contributed by atoms with van der Waals surface area (Å²) < 4.78 is 0. The molecule has 0 spiro atoms. The molecule has 1 unspecified atom stereocenters. The Hall–Kier alpha value is -1.68. The van der Waals surface area contributed by atoms with Crippen LogP contribution in [0.15, 0.2) is 54.6 Å². The highest BCUT2D eigenvalue weighted by Crippen LogP contribution is 2.18. The minimum absolute atomic E-state index is 0.552. The van der Waals surface area contributed by atoms with Gasteiger partial charge in [-0.15, -0.1) is 0 Å². The van der Waals surface area contributed by atoms with E-state index in [0.29, 0.717) is 6.54 Å². The molecule has 3 nitrogen and oxygen atoms in total. The van der Waals surface area contributed by atoms with Gasteiger partial charge in [0.25, 0.3) is 0 Å². The molecular weight excluding hydrogens is 226 g/mol. The van der Waals surface area contributed by atoms with Gasteiger partial charge in [-0.3, -0.25) is 4.84 Å². The van der Waals surface area contributed by atoms with Gasteiger partial charge in [0.15, 0.2) is 6.29 Å². The van der Waals surface area contributed by atoms with Crippen molar-refractivity contribution in [1.29, 1.82) is 0 Å². The number of fused-ring (bicyclic) bond motifs is 1. The Bertz CT molecular complexity index is 532. The molecule has 2 rings (SSSR count). The quantitative estimate of drug-likeness (QED) is 0.482. The van der Waals surface area contributed by atoms with Gasteiger partial charge in [0.1, 0.15) is 0 Å². The van der Waals surface area contributed by atoms with Crippen molar-refractivity contribution in [2.75, 3.05) is 0 Å². The van der Waals surface area contributed by atoms with Crippen LogP contribution in [0.25, 0.3) is 10.8 Å². The molecule has 0 amide bonds.